The first-order valence-corrected chi connectivity index (χ1v) is 13.4. The molecule has 9 nitrogen and oxygen atoms in total. The summed E-state index contributed by atoms with van der Waals surface area (Å²) in [6.07, 6.45) is 7.29. The number of hydrogen-bond donors (Lipinski definition) is 0. The fraction of sp³-hybridized carbons (Fsp3) is 0.739. The minimum atomic E-state index is -3.87. The lowest BCUT2D eigenvalue weighted by atomic mass is 9.94. The molecule has 1 amide bonds. The molecule has 1 saturated heterocycles. The van der Waals surface area contributed by atoms with E-state index in [2.05, 4.69) is 11.9 Å². The third-order valence-electron chi connectivity index (χ3n) is 6.82. The number of rotatable bonds is 9. The van der Waals surface area contributed by atoms with Crippen LogP contribution in [-0.2, 0) is 19.6 Å². The van der Waals surface area contributed by atoms with Gasteiger partial charge in [-0.2, -0.15) is 4.31 Å². The summed E-state index contributed by atoms with van der Waals surface area (Å²) >= 11 is 0. The Bertz CT molecular complexity index is 901. The minimum Gasteiger partial charge on any atom is -0.460 e. The Morgan fingerprint density at radius 2 is 1.73 bits per heavy atom. The quantitative estimate of drug-likeness (QED) is 0.498. The highest BCUT2D eigenvalue weighted by Crippen LogP contribution is 2.26. The van der Waals surface area contributed by atoms with Crippen LogP contribution in [-0.4, -0.2) is 87.3 Å². The van der Waals surface area contributed by atoms with E-state index >= 15 is 0 Å². The number of furan rings is 1. The molecule has 2 aliphatic rings. The summed E-state index contributed by atoms with van der Waals surface area (Å²) in [5, 5.41) is -0.279. The first-order chi connectivity index (χ1) is 15.7. The van der Waals surface area contributed by atoms with Crippen molar-refractivity contribution in [3.63, 3.8) is 0 Å². The second-order valence-corrected chi connectivity index (χ2v) is 10.9. The third kappa shape index (κ3) is 6.36. The highest BCUT2D eigenvalue weighted by molar-refractivity contribution is 7.89. The summed E-state index contributed by atoms with van der Waals surface area (Å²) in [6.45, 7) is 3.84. The summed E-state index contributed by atoms with van der Waals surface area (Å²) in [5.41, 5.74) is 0. The monoisotopic (exact) mass is 483 g/mol. The lowest BCUT2D eigenvalue weighted by Crippen LogP contribution is -2.45. The molecule has 1 aromatic rings. The van der Waals surface area contributed by atoms with Gasteiger partial charge in [0.2, 0.25) is 16.8 Å². The van der Waals surface area contributed by atoms with Crippen molar-refractivity contribution >= 4 is 21.9 Å². The molecule has 2 heterocycles. The van der Waals surface area contributed by atoms with Crippen LogP contribution in [0.3, 0.4) is 0 Å². The standard InChI is InChI=1S/C23H37N3O6S/c1-4-31-23(28)20-10-11-21(32-20)33(29,30)26-14-12-18(13-15-26)22(27)25(3)17-16-24(2)19-8-6-5-7-9-19/h10-11,18-19H,4-9,12-17H2,1-3H3. The van der Waals surface area contributed by atoms with Gasteiger partial charge in [0.15, 0.2) is 0 Å². The number of ether oxygens (including phenoxy) is 1. The van der Waals surface area contributed by atoms with Gasteiger partial charge in [0.1, 0.15) is 0 Å². The van der Waals surface area contributed by atoms with Crippen molar-refractivity contribution in [2.45, 2.75) is 63.0 Å². The summed E-state index contributed by atoms with van der Waals surface area (Å²) in [4.78, 5) is 28.8. The molecule has 1 saturated carbocycles. The van der Waals surface area contributed by atoms with E-state index in [1.165, 1.54) is 48.5 Å². The van der Waals surface area contributed by atoms with E-state index in [-0.39, 0.29) is 42.4 Å². The van der Waals surface area contributed by atoms with Crippen LogP contribution in [0, 0.1) is 5.92 Å². The second kappa shape index (κ2) is 11.5. The minimum absolute atomic E-state index is 0.0756. The van der Waals surface area contributed by atoms with Crippen molar-refractivity contribution in [2.24, 2.45) is 5.92 Å². The number of likely N-dealkylation sites (N-methyl/N-ethyl adjacent to an activating group) is 2. The Kier molecular flexibility index (Phi) is 8.95. The number of hydrogen-bond acceptors (Lipinski definition) is 7. The zero-order valence-electron chi connectivity index (χ0n) is 20.0. The van der Waals surface area contributed by atoms with Gasteiger partial charge in [-0.25, -0.2) is 13.2 Å². The van der Waals surface area contributed by atoms with E-state index in [0.717, 1.165) is 6.54 Å². The van der Waals surface area contributed by atoms with Gasteiger partial charge in [-0.3, -0.25) is 4.79 Å². The van der Waals surface area contributed by atoms with E-state index in [1.807, 2.05) is 7.05 Å². The van der Waals surface area contributed by atoms with Crippen molar-refractivity contribution in [1.82, 2.24) is 14.1 Å². The maximum Gasteiger partial charge on any atom is 0.374 e. The predicted octanol–water partition coefficient (Wildman–Crippen LogP) is 2.58. The maximum absolute atomic E-state index is 12.9. The number of nitrogens with zero attached hydrogens (tertiary/aromatic N) is 3. The molecule has 3 rings (SSSR count). The van der Waals surface area contributed by atoms with Gasteiger partial charge in [0.05, 0.1) is 6.61 Å². The smallest absolute Gasteiger partial charge is 0.374 e. The molecule has 186 valence electrons. The Labute approximate surface area is 197 Å². The number of carbonyl (C=O) groups excluding carboxylic acids is 2. The SMILES string of the molecule is CCOC(=O)c1ccc(S(=O)(=O)N2CCC(C(=O)N(C)CCN(C)C3CCCCC3)CC2)o1. The normalized spacial score (nSPS) is 19.0. The predicted molar refractivity (Wildman–Crippen MR) is 123 cm³/mol. The first-order valence-electron chi connectivity index (χ1n) is 12.0. The van der Waals surface area contributed by atoms with Crippen LogP contribution < -0.4 is 0 Å². The molecular formula is C23H37N3O6S. The number of sulfonamides is 1. The average molecular weight is 484 g/mol. The topological polar surface area (TPSA) is 100 Å². The molecule has 33 heavy (non-hydrogen) atoms. The van der Waals surface area contributed by atoms with Gasteiger partial charge in [0, 0.05) is 45.2 Å². The number of amides is 1. The van der Waals surface area contributed by atoms with Crippen molar-refractivity contribution in [1.29, 1.82) is 0 Å². The number of esters is 1. The summed E-state index contributed by atoms with van der Waals surface area (Å²) < 4.78 is 37.2. The Balaban J connectivity index is 1.49. The van der Waals surface area contributed by atoms with E-state index in [0.29, 0.717) is 25.4 Å². The van der Waals surface area contributed by atoms with Crippen molar-refractivity contribution in [3.8, 4) is 0 Å². The fourth-order valence-electron chi connectivity index (χ4n) is 4.68. The van der Waals surface area contributed by atoms with E-state index in [4.69, 9.17) is 9.15 Å². The molecular weight excluding hydrogens is 446 g/mol. The lowest BCUT2D eigenvalue weighted by Gasteiger charge is -2.34. The molecule has 0 spiro atoms. The van der Waals surface area contributed by atoms with Gasteiger partial charge in [-0.05, 0) is 51.8 Å². The molecule has 2 fully saturated rings. The maximum atomic E-state index is 12.9. The summed E-state index contributed by atoms with van der Waals surface area (Å²) in [6, 6.07) is 3.19. The molecule has 0 radical (unpaired) electrons. The fourth-order valence-corrected chi connectivity index (χ4v) is 6.06. The molecule has 0 N–H and O–H groups in total. The zero-order chi connectivity index (χ0) is 24.0. The Hall–Kier alpha value is -1.91. The summed E-state index contributed by atoms with van der Waals surface area (Å²) in [7, 11) is 0.106. The van der Waals surface area contributed by atoms with Crippen molar-refractivity contribution < 1.29 is 27.2 Å². The van der Waals surface area contributed by atoms with E-state index in [9.17, 15) is 18.0 Å². The van der Waals surface area contributed by atoms with Gasteiger partial charge in [-0.1, -0.05) is 19.3 Å². The zero-order valence-corrected chi connectivity index (χ0v) is 20.8. The van der Waals surface area contributed by atoms with Crippen LogP contribution in [0.5, 0.6) is 0 Å². The molecule has 10 heteroatoms. The van der Waals surface area contributed by atoms with Crippen LogP contribution in [0.4, 0.5) is 0 Å². The average Bonchev–Trinajstić information content (AvgIpc) is 3.34. The van der Waals surface area contributed by atoms with Crippen LogP contribution in [0.25, 0.3) is 0 Å². The molecule has 0 aromatic carbocycles. The molecule has 0 unspecified atom stereocenters. The molecule has 1 aliphatic heterocycles. The van der Waals surface area contributed by atoms with E-state index < -0.39 is 16.0 Å². The van der Waals surface area contributed by atoms with Gasteiger partial charge < -0.3 is 19.0 Å². The summed E-state index contributed by atoms with van der Waals surface area (Å²) in [5.74, 6) is -0.944. The van der Waals surface area contributed by atoms with Crippen LogP contribution in [0.15, 0.2) is 21.6 Å². The van der Waals surface area contributed by atoms with Crippen molar-refractivity contribution in [2.75, 3.05) is 46.9 Å². The largest absolute Gasteiger partial charge is 0.460 e. The van der Waals surface area contributed by atoms with Gasteiger partial charge in [-0.15, -0.1) is 0 Å². The van der Waals surface area contributed by atoms with Gasteiger partial charge in [0.25, 0.3) is 10.0 Å². The third-order valence-corrected chi connectivity index (χ3v) is 8.59. The molecule has 1 aliphatic carbocycles. The second-order valence-electron chi connectivity index (χ2n) is 9.05. The first kappa shape index (κ1) is 25.7. The van der Waals surface area contributed by atoms with Crippen LogP contribution in [0.1, 0.15) is 62.4 Å². The molecule has 1 aromatic heterocycles. The molecule has 0 bridgehead atoms. The highest BCUT2D eigenvalue weighted by Gasteiger charge is 2.35. The van der Waals surface area contributed by atoms with E-state index in [1.54, 1.807) is 11.8 Å². The Morgan fingerprint density at radius 3 is 2.36 bits per heavy atom. The number of carbonyl (C=O) groups is 2. The molecule has 0 atom stereocenters. The lowest BCUT2D eigenvalue weighted by molar-refractivity contribution is -0.135. The highest BCUT2D eigenvalue weighted by atomic mass is 32.2. The Morgan fingerprint density at radius 1 is 1.06 bits per heavy atom. The number of piperidine rings is 1. The van der Waals surface area contributed by atoms with Crippen LogP contribution >= 0.6 is 0 Å². The van der Waals surface area contributed by atoms with Crippen LogP contribution in [0.2, 0.25) is 0 Å². The van der Waals surface area contributed by atoms with Gasteiger partial charge >= 0.3 is 5.97 Å². The van der Waals surface area contributed by atoms with Crippen molar-refractivity contribution in [3.05, 3.63) is 17.9 Å².